The number of rotatable bonds is 3. The number of thioether (sulfide) groups is 1. The summed E-state index contributed by atoms with van der Waals surface area (Å²) in [7, 11) is 0. The van der Waals surface area contributed by atoms with Crippen LogP contribution in [0.1, 0.15) is 17.9 Å². The minimum Gasteiger partial charge on any atom is -0.454 e. The summed E-state index contributed by atoms with van der Waals surface area (Å²) in [5.74, 6) is 1.66. The second kappa shape index (κ2) is 6.33. The largest absolute Gasteiger partial charge is 0.454 e. The number of carbonyl (C=O) groups is 2. The molecule has 7 heteroatoms. The molecule has 0 radical (unpaired) electrons. The van der Waals surface area contributed by atoms with Crippen molar-refractivity contribution in [2.45, 2.75) is 12.3 Å². The van der Waals surface area contributed by atoms with Crippen molar-refractivity contribution in [1.82, 2.24) is 0 Å². The molecule has 0 saturated carbocycles. The van der Waals surface area contributed by atoms with Gasteiger partial charge in [-0.3, -0.25) is 14.5 Å². The van der Waals surface area contributed by atoms with Crippen LogP contribution in [-0.4, -0.2) is 24.4 Å². The Hall–Kier alpha value is -2.67. The van der Waals surface area contributed by atoms with Crippen LogP contribution in [0.2, 0.25) is 0 Å². The molecule has 0 spiro atoms. The van der Waals surface area contributed by atoms with Crippen LogP contribution in [-0.2, 0) is 9.59 Å². The number of nitrogens with zero attached hydrogens (tertiary/aromatic N) is 1. The third-order valence-corrected chi connectivity index (χ3v) is 5.21. The number of hydrogen-bond acceptors (Lipinski definition) is 5. The van der Waals surface area contributed by atoms with E-state index in [1.807, 2.05) is 42.5 Å². The predicted octanol–water partition coefficient (Wildman–Crippen LogP) is 3.15. The normalized spacial score (nSPS) is 18.5. The Kier molecular flexibility index (Phi) is 4.01. The van der Waals surface area contributed by atoms with E-state index in [1.54, 1.807) is 16.7 Å². The van der Waals surface area contributed by atoms with Gasteiger partial charge in [-0.15, -0.1) is 11.8 Å². The van der Waals surface area contributed by atoms with Crippen LogP contribution in [0.5, 0.6) is 11.5 Å². The van der Waals surface area contributed by atoms with Crippen LogP contribution in [0.25, 0.3) is 0 Å². The van der Waals surface area contributed by atoms with Crippen LogP contribution in [0.3, 0.4) is 0 Å². The summed E-state index contributed by atoms with van der Waals surface area (Å²) in [5, 5.41) is 2.63. The van der Waals surface area contributed by atoms with Gasteiger partial charge in [-0.05, 0) is 29.8 Å². The first-order valence-corrected chi connectivity index (χ1v) is 8.87. The summed E-state index contributed by atoms with van der Waals surface area (Å²) >= 11 is 1.56. The molecule has 2 amide bonds. The zero-order valence-corrected chi connectivity index (χ0v) is 14.3. The van der Waals surface area contributed by atoms with Crippen molar-refractivity contribution in [3.8, 4) is 11.5 Å². The molecule has 2 aliphatic rings. The van der Waals surface area contributed by atoms with Gasteiger partial charge in [-0.25, -0.2) is 0 Å². The van der Waals surface area contributed by atoms with Crippen LogP contribution in [0.15, 0.2) is 42.5 Å². The Labute approximate surface area is 149 Å². The third-order valence-electron chi connectivity index (χ3n) is 3.99. The first-order valence-electron chi connectivity index (χ1n) is 7.83. The Balaban J connectivity index is 1.67. The van der Waals surface area contributed by atoms with Crippen molar-refractivity contribution >= 4 is 35.0 Å². The van der Waals surface area contributed by atoms with E-state index in [9.17, 15) is 9.59 Å². The van der Waals surface area contributed by atoms with E-state index in [1.165, 1.54) is 6.92 Å². The van der Waals surface area contributed by atoms with Crippen molar-refractivity contribution < 1.29 is 19.1 Å². The standard InChI is InChI=1S/C18H16N2O4S/c1-11(21)19-13-4-2-3-12(7-13)18-20(17(22)9-25-18)14-5-6-15-16(8-14)24-10-23-15/h2-8,18H,9-10H2,1H3,(H,19,21)/t18-/m0/s1. The summed E-state index contributed by atoms with van der Waals surface area (Å²) in [6.45, 7) is 1.67. The highest BCUT2D eigenvalue weighted by Gasteiger charge is 2.35. The van der Waals surface area contributed by atoms with E-state index in [0.29, 0.717) is 17.3 Å². The molecule has 2 aliphatic heterocycles. The van der Waals surface area contributed by atoms with Gasteiger partial charge in [0.1, 0.15) is 5.37 Å². The quantitative estimate of drug-likeness (QED) is 0.915. The van der Waals surface area contributed by atoms with Crippen molar-refractivity contribution in [3.05, 3.63) is 48.0 Å². The minimum atomic E-state index is -0.151. The van der Waals surface area contributed by atoms with E-state index in [-0.39, 0.29) is 24.0 Å². The summed E-state index contributed by atoms with van der Waals surface area (Å²) in [6, 6.07) is 13.1. The molecule has 1 fully saturated rings. The number of ether oxygens (including phenoxy) is 2. The van der Waals surface area contributed by atoms with Crippen molar-refractivity contribution in [3.63, 3.8) is 0 Å². The molecule has 0 bridgehead atoms. The SMILES string of the molecule is CC(=O)Nc1cccc([C@@H]2SCC(=O)N2c2ccc3c(c2)OCO3)c1. The van der Waals surface area contributed by atoms with E-state index in [4.69, 9.17) is 9.47 Å². The molecular weight excluding hydrogens is 340 g/mol. The van der Waals surface area contributed by atoms with Gasteiger partial charge in [-0.1, -0.05) is 12.1 Å². The highest BCUT2D eigenvalue weighted by Crippen LogP contribution is 2.44. The molecule has 0 unspecified atom stereocenters. The molecule has 2 heterocycles. The summed E-state index contributed by atoms with van der Waals surface area (Å²) in [4.78, 5) is 25.5. The highest BCUT2D eigenvalue weighted by atomic mass is 32.2. The second-order valence-electron chi connectivity index (χ2n) is 5.77. The lowest BCUT2D eigenvalue weighted by molar-refractivity contribution is -0.116. The fourth-order valence-electron chi connectivity index (χ4n) is 2.96. The van der Waals surface area contributed by atoms with Crippen molar-refractivity contribution in [2.24, 2.45) is 0 Å². The maximum Gasteiger partial charge on any atom is 0.238 e. The van der Waals surface area contributed by atoms with Gasteiger partial charge in [0.25, 0.3) is 0 Å². The number of amides is 2. The first-order chi connectivity index (χ1) is 12.1. The van der Waals surface area contributed by atoms with Crippen LogP contribution in [0.4, 0.5) is 11.4 Å². The number of hydrogen-bond donors (Lipinski definition) is 1. The van der Waals surface area contributed by atoms with Gasteiger partial charge in [0, 0.05) is 24.4 Å². The summed E-state index contributed by atoms with van der Waals surface area (Å²) < 4.78 is 10.8. The minimum absolute atomic E-state index is 0.0406. The molecule has 1 N–H and O–H groups in total. The van der Waals surface area contributed by atoms with Gasteiger partial charge in [0.2, 0.25) is 18.6 Å². The Morgan fingerprint density at radius 3 is 2.88 bits per heavy atom. The zero-order valence-electron chi connectivity index (χ0n) is 13.5. The van der Waals surface area contributed by atoms with Gasteiger partial charge in [0.15, 0.2) is 11.5 Å². The molecule has 128 valence electrons. The van der Waals surface area contributed by atoms with Crippen molar-refractivity contribution in [2.75, 3.05) is 22.8 Å². The topological polar surface area (TPSA) is 67.9 Å². The van der Waals surface area contributed by atoms with Gasteiger partial charge in [0.05, 0.1) is 5.75 Å². The number of benzene rings is 2. The monoisotopic (exact) mass is 356 g/mol. The molecule has 1 saturated heterocycles. The summed E-state index contributed by atoms with van der Waals surface area (Å²) in [6.07, 6.45) is 0. The molecule has 25 heavy (non-hydrogen) atoms. The lowest BCUT2D eigenvalue weighted by Gasteiger charge is -2.25. The van der Waals surface area contributed by atoms with Gasteiger partial charge in [-0.2, -0.15) is 0 Å². The van der Waals surface area contributed by atoms with Gasteiger partial charge >= 0.3 is 0 Å². The van der Waals surface area contributed by atoms with E-state index < -0.39 is 0 Å². The zero-order chi connectivity index (χ0) is 17.4. The number of carbonyl (C=O) groups excluding carboxylic acids is 2. The van der Waals surface area contributed by atoms with E-state index in [0.717, 1.165) is 16.9 Å². The second-order valence-corrected chi connectivity index (χ2v) is 6.84. The average molecular weight is 356 g/mol. The molecule has 1 atom stereocenters. The fraction of sp³-hybridized carbons (Fsp3) is 0.222. The highest BCUT2D eigenvalue weighted by molar-refractivity contribution is 8.00. The Bertz CT molecular complexity index is 855. The van der Waals surface area contributed by atoms with Gasteiger partial charge < -0.3 is 14.8 Å². The van der Waals surface area contributed by atoms with Crippen molar-refractivity contribution in [1.29, 1.82) is 0 Å². The fourth-order valence-corrected chi connectivity index (χ4v) is 4.13. The molecule has 4 rings (SSSR count). The molecule has 0 aromatic heterocycles. The number of nitrogens with one attached hydrogen (secondary N) is 1. The third kappa shape index (κ3) is 3.02. The molecule has 0 aliphatic carbocycles. The molecule has 2 aromatic carbocycles. The van der Waals surface area contributed by atoms with E-state index in [2.05, 4.69) is 5.32 Å². The lowest BCUT2D eigenvalue weighted by Crippen LogP contribution is -2.27. The maximum atomic E-state index is 12.5. The van der Waals surface area contributed by atoms with Crippen LogP contribution in [0, 0.1) is 0 Å². The maximum absolute atomic E-state index is 12.5. The number of anilines is 2. The molecule has 2 aromatic rings. The number of fused-ring (bicyclic) bond motifs is 1. The summed E-state index contributed by atoms with van der Waals surface area (Å²) in [5.41, 5.74) is 2.45. The first kappa shape index (κ1) is 15.8. The lowest BCUT2D eigenvalue weighted by atomic mass is 10.1. The van der Waals surface area contributed by atoms with E-state index >= 15 is 0 Å². The van der Waals surface area contributed by atoms with Crippen LogP contribution >= 0.6 is 11.8 Å². The Morgan fingerprint density at radius 1 is 1.20 bits per heavy atom. The average Bonchev–Trinajstić information content (AvgIpc) is 3.20. The predicted molar refractivity (Wildman–Crippen MR) is 96.0 cm³/mol. The Morgan fingerprint density at radius 2 is 2.04 bits per heavy atom. The molecule has 6 nitrogen and oxygen atoms in total. The smallest absolute Gasteiger partial charge is 0.238 e. The molecular formula is C18H16N2O4S. The van der Waals surface area contributed by atoms with Crippen LogP contribution < -0.4 is 19.7 Å².